The number of hydrogen-bond acceptors (Lipinski definition) is 7. The second kappa shape index (κ2) is 16.7. The summed E-state index contributed by atoms with van der Waals surface area (Å²) in [6, 6.07) is 11.3. The molecule has 12 nitrogen and oxygen atoms in total. The van der Waals surface area contributed by atoms with E-state index in [1.54, 1.807) is 66.2 Å². The molecule has 1 aliphatic rings. The summed E-state index contributed by atoms with van der Waals surface area (Å²) in [5.41, 5.74) is 7.68. The molecule has 0 spiro atoms. The van der Waals surface area contributed by atoms with Crippen LogP contribution >= 0.6 is 0 Å². The van der Waals surface area contributed by atoms with Gasteiger partial charge in [-0.3, -0.25) is 14.4 Å². The second-order valence-electron chi connectivity index (χ2n) is 12.1. The maximum Gasteiger partial charge on any atom is 0.317 e. The van der Waals surface area contributed by atoms with Gasteiger partial charge < -0.3 is 41.3 Å². The van der Waals surface area contributed by atoms with Gasteiger partial charge in [0.1, 0.15) is 11.9 Å². The first-order valence-electron chi connectivity index (χ1n) is 15.6. The van der Waals surface area contributed by atoms with E-state index in [2.05, 4.69) is 16.0 Å². The molecule has 1 heterocycles. The lowest BCUT2D eigenvalue weighted by Gasteiger charge is -2.38. The fourth-order valence-corrected chi connectivity index (χ4v) is 5.02. The van der Waals surface area contributed by atoms with E-state index in [-0.39, 0.29) is 60.8 Å². The van der Waals surface area contributed by atoms with Crippen LogP contribution in [-0.4, -0.2) is 83.6 Å². The third-order valence-corrected chi connectivity index (χ3v) is 7.70. The highest BCUT2D eigenvalue weighted by Crippen LogP contribution is 2.31. The van der Waals surface area contributed by atoms with Crippen LogP contribution in [0.4, 0.5) is 21.9 Å². The van der Waals surface area contributed by atoms with Crippen molar-refractivity contribution < 1.29 is 29.0 Å². The Morgan fingerprint density at radius 3 is 2.36 bits per heavy atom. The van der Waals surface area contributed by atoms with Crippen molar-refractivity contribution in [2.45, 2.75) is 78.0 Å². The van der Waals surface area contributed by atoms with Gasteiger partial charge in [0.2, 0.25) is 11.8 Å². The number of anilines is 3. The normalized spacial score (nSPS) is 17.0. The first-order chi connectivity index (χ1) is 21.4. The summed E-state index contributed by atoms with van der Waals surface area (Å²) in [7, 11) is 1.70. The monoisotopic (exact) mass is 624 g/mol. The van der Waals surface area contributed by atoms with Gasteiger partial charge in [-0.05, 0) is 63.9 Å². The molecule has 5 amide bonds. The molecule has 6 N–H and O–H groups in total. The number of urea groups is 1. The summed E-state index contributed by atoms with van der Waals surface area (Å²) < 4.78 is 6.34. The van der Waals surface area contributed by atoms with Crippen molar-refractivity contribution in [3.05, 3.63) is 48.0 Å². The third-order valence-electron chi connectivity index (χ3n) is 7.70. The van der Waals surface area contributed by atoms with Crippen molar-refractivity contribution >= 4 is 40.8 Å². The van der Waals surface area contributed by atoms with Crippen LogP contribution in [0.25, 0.3) is 0 Å². The van der Waals surface area contributed by atoms with Gasteiger partial charge in [0.05, 0.1) is 36.1 Å². The molecule has 3 atom stereocenters. The minimum atomic E-state index is -0.445. The van der Waals surface area contributed by atoms with Gasteiger partial charge in [-0.15, -0.1) is 0 Å². The van der Waals surface area contributed by atoms with Crippen LogP contribution < -0.4 is 26.4 Å². The van der Waals surface area contributed by atoms with E-state index in [0.717, 1.165) is 0 Å². The molecule has 0 aliphatic carbocycles. The molecule has 3 rings (SSSR count). The maximum absolute atomic E-state index is 13.7. The minimum Gasteiger partial charge on any atom is -0.487 e. The molecular weight excluding hydrogens is 576 g/mol. The number of nitrogen functional groups attached to an aromatic ring is 1. The summed E-state index contributed by atoms with van der Waals surface area (Å²) in [6.07, 6.45) is 2.07. The lowest BCUT2D eigenvalue weighted by Crippen LogP contribution is -2.51. The minimum absolute atomic E-state index is 0.0183. The van der Waals surface area contributed by atoms with Crippen molar-refractivity contribution in [1.29, 1.82) is 0 Å². The van der Waals surface area contributed by atoms with E-state index < -0.39 is 12.1 Å². The van der Waals surface area contributed by atoms with Crippen LogP contribution in [0, 0.1) is 5.92 Å². The summed E-state index contributed by atoms with van der Waals surface area (Å²) >= 11 is 0. The summed E-state index contributed by atoms with van der Waals surface area (Å²) in [5.74, 6) is -0.447. The van der Waals surface area contributed by atoms with Gasteiger partial charge in [-0.25, -0.2) is 4.79 Å². The summed E-state index contributed by atoms with van der Waals surface area (Å²) in [5, 5.41) is 18.4. The topological polar surface area (TPSA) is 166 Å². The van der Waals surface area contributed by atoms with E-state index in [1.807, 2.05) is 20.8 Å². The van der Waals surface area contributed by atoms with Crippen molar-refractivity contribution in [2.24, 2.45) is 5.92 Å². The molecule has 45 heavy (non-hydrogen) atoms. The highest BCUT2D eigenvalue weighted by atomic mass is 16.5. The number of nitrogens with zero attached hydrogens (tertiary/aromatic N) is 2. The Morgan fingerprint density at radius 1 is 1.04 bits per heavy atom. The first kappa shape index (κ1) is 35.2. The summed E-state index contributed by atoms with van der Waals surface area (Å²) in [6.45, 7) is 7.89. The molecule has 0 saturated carbocycles. The number of nitrogens with one attached hydrogen (secondary N) is 3. The Labute approximate surface area is 265 Å². The number of aliphatic hydroxyl groups excluding tert-OH is 1. The van der Waals surface area contributed by atoms with E-state index >= 15 is 0 Å². The van der Waals surface area contributed by atoms with E-state index in [9.17, 15) is 24.3 Å². The average molecular weight is 625 g/mol. The molecule has 246 valence electrons. The Hall–Kier alpha value is -4.32. The van der Waals surface area contributed by atoms with Crippen LogP contribution in [0.1, 0.15) is 70.2 Å². The maximum atomic E-state index is 13.7. The van der Waals surface area contributed by atoms with Gasteiger partial charge in [0.15, 0.2) is 0 Å². The number of unbranched alkanes of at least 4 members (excludes halogenated alkanes) is 2. The highest BCUT2D eigenvalue weighted by Gasteiger charge is 2.34. The van der Waals surface area contributed by atoms with Gasteiger partial charge >= 0.3 is 6.03 Å². The van der Waals surface area contributed by atoms with Gasteiger partial charge in [-0.2, -0.15) is 0 Å². The third kappa shape index (κ3) is 10.4. The summed E-state index contributed by atoms with van der Waals surface area (Å²) in [4.78, 5) is 54.4. The fraction of sp³-hybridized carbons (Fsp3) is 0.515. The number of nitrogens with two attached hydrogens (primary N) is 1. The van der Waals surface area contributed by atoms with E-state index in [1.165, 1.54) is 0 Å². The van der Waals surface area contributed by atoms with E-state index in [0.29, 0.717) is 55.0 Å². The van der Waals surface area contributed by atoms with Crippen molar-refractivity contribution in [3.63, 3.8) is 0 Å². The molecule has 0 aromatic heterocycles. The molecule has 0 radical (unpaired) electrons. The lowest BCUT2D eigenvalue weighted by atomic mass is 9.99. The molecule has 0 unspecified atom stereocenters. The number of carbonyl (C=O) groups excluding carboxylic acids is 4. The number of fused-ring (bicyclic) bond motifs is 1. The SMILES string of the molecule is CC(C)NC(=O)N(C)C[C@H]1Oc2ccc(NC(=O)CCCCCC(=O)Nc3ccccc3N)cc2C(=O)N([C@@H](C)CO)C[C@H]1C. The molecule has 0 saturated heterocycles. The fourth-order valence-electron chi connectivity index (χ4n) is 5.02. The largest absolute Gasteiger partial charge is 0.487 e. The van der Waals surface area contributed by atoms with Gasteiger partial charge in [0.25, 0.3) is 5.91 Å². The number of carbonyl (C=O) groups is 4. The Bertz CT molecular complexity index is 1330. The number of benzene rings is 2. The van der Waals surface area contributed by atoms with Crippen molar-refractivity contribution in [2.75, 3.05) is 43.1 Å². The predicted octanol–water partition coefficient (Wildman–Crippen LogP) is 4.07. The smallest absolute Gasteiger partial charge is 0.317 e. The number of ether oxygens (including phenoxy) is 1. The number of rotatable bonds is 13. The van der Waals surface area contributed by atoms with E-state index in [4.69, 9.17) is 10.5 Å². The van der Waals surface area contributed by atoms with Crippen LogP contribution in [0.5, 0.6) is 5.75 Å². The highest BCUT2D eigenvalue weighted by molar-refractivity contribution is 6.00. The molecule has 2 aromatic carbocycles. The molecule has 1 aliphatic heterocycles. The van der Waals surface area contributed by atoms with Gasteiger partial charge in [-0.1, -0.05) is 25.5 Å². The Balaban J connectivity index is 1.62. The van der Waals surface area contributed by atoms with Crippen LogP contribution in [0.2, 0.25) is 0 Å². The standard InChI is InChI=1S/C33H48N6O6/c1-21(2)35-33(44)38(5)19-29-22(3)18-39(23(4)20-40)32(43)25-17-24(15-16-28(25)45-29)36-30(41)13-7-6-8-14-31(42)37-27-12-10-9-11-26(27)34/h9-12,15-17,21-23,29,40H,6-8,13-14,18-20,34H2,1-5H3,(H,35,44)(H,36,41)(H,37,42)/t22-,23+,29-/m1/s1. The van der Waals surface area contributed by atoms with Gasteiger partial charge in [0, 0.05) is 44.1 Å². The number of hydrogen-bond donors (Lipinski definition) is 5. The number of amides is 5. The Kier molecular flexibility index (Phi) is 13.0. The van der Waals surface area contributed by atoms with Crippen LogP contribution in [0.15, 0.2) is 42.5 Å². The van der Waals surface area contributed by atoms with Crippen molar-refractivity contribution in [3.8, 4) is 5.75 Å². The quantitative estimate of drug-likeness (QED) is 0.165. The lowest BCUT2D eigenvalue weighted by molar-refractivity contribution is -0.116. The zero-order valence-electron chi connectivity index (χ0n) is 27.0. The number of aliphatic hydroxyl groups is 1. The number of likely N-dealkylation sites (N-methyl/N-ethyl adjacent to an activating group) is 1. The molecule has 2 aromatic rings. The molecular formula is C33H48N6O6. The molecule has 0 fully saturated rings. The predicted molar refractivity (Wildman–Crippen MR) is 175 cm³/mol. The second-order valence-corrected chi connectivity index (χ2v) is 12.1. The van der Waals surface area contributed by atoms with Crippen LogP contribution in [0.3, 0.4) is 0 Å². The van der Waals surface area contributed by atoms with Crippen LogP contribution in [-0.2, 0) is 9.59 Å². The number of para-hydroxylation sites is 2. The zero-order valence-corrected chi connectivity index (χ0v) is 27.0. The average Bonchev–Trinajstić information content (AvgIpc) is 2.99. The van der Waals surface area contributed by atoms with Crippen molar-refractivity contribution in [1.82, 2.24) is 15.1 Å². The first-order valence-corrected chi connectivity index (χ1v) is 15.6. The zero-order chi connectivity index (χ0) is 33.1. The molecule has 12 heteroatoms. The Morgan fingerprint density at radius 2 is 1.71 bits per heavy atom. The molecule has 0 bridgehead atoms.